The second-order valence-electron chi connectivity index (χ2n) is 2.44. The van der Waals surface area contributed by atoms with Crippen LogP contribution in [0.15, 0.2) is 18.2 Å². The van der Waals surface area contributed by atoms with Crippen LogP contribution >= 0.6 is 11.6 Å². The molecule has 70 valence electrons. The van der Waals surface area contributed by atoms with E-state index < -0.39 is 16.7 Å². The molecular weight excluding hydrogens is 196 g/mol. The SMILES string of the molecule is NC/C=C/c1cc(F)c(Cl)c(F)c1. The summed E-state index contributed by atoms with van der Waals surface area (Å²) in [7, 11) is 0. The molecule has 0 aliphatic heterocycles. The van der Waals surface area contributed by atoms with Crippen molar-refractivity contribution in [1.82, 2.24) is 0 Å². The van der Waals surface area contributed by atoms with Crippen LogP contribution in [0.4, 0.5) is 8.78 Å². The molecule has 0 aliphatic carbocycles. The summed E-state index contributed by atoms with van der Waals surface area (Å²) < 4.78 is 25.7. The predicted octanol–water partition coefficient (Wildman–Crippen LogP) is 2.59. The monoisotopic (exact) mass is 203 g/mol. The van der Waals surface area contributed by atoms with Crippen molar-refractivity contribution >= 4 is 17.7 Å². The first-order valence-electron chi connectivity index (χ1n) is 3.66. The number of rotatable bonds is 2. The van der Waals surface area contributed by atoms with Crippen molar-refractivity contribution in [3.05, 3.63) is 40.4 Å². The molecule has 4 heteroatoms. The Labute approximate surface area is 79.8 Å². The highest BCUT2D eigenvalue weighted by atomic mass is 35.5. The quantitative estimate of drug-likeness (QED) is 0.735. The van der Waals surface area contributed by atoms with Gasteiger partial charge in [0.2, 0.25) is 0 Å². The van der Waals surface area contributed by atoms with Gasteiger partial charge in [0.05, 0.1) is 0 Å². The molecule has 0 heterocycles. The first kappa shape index (κ1) is 10.2. The van der Waals surface area contributed by atoms with Crippen molar-refractivity contribution in [2.45, 2.75) is 0 Å². The van der Waals surface area contributed by atoms with Crippen LogP contribution in [0.2, 0.25) is 5.02 Å². The Balaban J connectivity index is 3.06. The number of nitrogens with two attached hydrogens (primary N) is 1. The summed E-state index contributed by atoms with van der Waals surface area (Å²) in [5, 5.41) is -0.482. The van der Waals surface area contributed by atoms with E-state index in [9.17, 15) is 8.78 Å². The van der Waals surface area contributed by atoms with Crippen LogP contribution in [0.3, 0.4) is 0 Å². The van der Waals surface area contributed by atoms with E-state index in [2.05, 4.69) is 0 Å². The van der Waals surface area contributed by atoms with Gasteiger partial charge in [-0.3, -0.25) is 0 Å². The average molecular weight is 204 g/mol. The minimum absolute atomic E-state index is 0.325. The van der Waals surface area contributed by atoms with Crippen molar-refractivity contribution in [3.63, 3.8) is 0 Å². The summed E-state index contributed by atoms with van der Waals surface area (Å²) >= 11 is 5.28. The van der Waals surface area contributed by atoms with Crippen molar-refractivity contribution in [2.24, 2.45) is 5.73 Å². The fourth-order valence-corrected chi connectivity index (χ4v) is 0.985. The van der Waals surface area contributed by atoms with Gasteiger partial charge in [-0.05, 0) is 17.7 Å². The summed E-state index contributed by atoms with van der Waals surface area (Å²) in [5.74, 6) is -1.53. The molecule has 1 aromatic carbocycles. The van der Waals surface area contributed by atoms with E-state index in [1.165, 1.54) is 6.08 Å². The smallest absolute Gasteiger partial charge is 0.145 e. The number of halogens is 3. The largest absolute Gasteiger partial charge is 0.327 e. The molecule has 1 rings (SSSR count). The van der Waals surface area contributed by atoms with E-state index in [-0.39, 0.29) is 0 Å². The molecule has 0 atom stereocenters. The summed E-state index contributed by atoms with van der Waals surface area (Å²) in [5.41, 5.74) is 5.59. The van der Waals surface area contributed by atoms with Crippen LogP contribution in [0.5, 0.6) is 0 Å². The summed E-state index contributed by atoms with van der Waals surface area (Å²) in [6.07, 6.45) is 3.13. The average Bonchev–Trinajstić information content (AvgIpc) is 2.10. The van der Waals surface area contributed by atoms with E-state index in [0.29, 0.717) is 12.1 Å². The van der Waals surface area contributed by atoms with Gasteiger partial charge in [-0.1, -0.05) is 23.8 Å². The van der Waals surface area contributed by atoms with Gasteiger partial charge < -0.3 is 5.73 Å². The Kier molecular flexibility index (Phi) is 3.39. The third-order valence-electron chi connectivity index (χ3n) is 1.45. The number of benzene rings is 1. The lowest BCUT2D eigenvalue weighted by atomic mass is 10.2. The second-order valence-corrected chi connectivity index (χ2v) is 2.81. The fraction of sp³-hybridized carbons (Fsp3) is 0.111. The van der Waals surface area contributed by atoms with Gasteiger partial charge in [0.15, 0.2) is 0 Å². The van der Waals surface area contributed by atoms with E-state index in [1.807, 2.05) is 0 Å². The third-order valence-corrected chi connectivity index (χ3v) is 1.81. The molecule has 0 bridgehead atoms. The first-order valence-corrected chi connectivity index (χ1v) is 4.04. The van der Waals surface area contributed by atoms with Crippen LogP contribution in [0.25, 0.3) is 6.08 Å². The van der Waals surface area contributed by atoms with Crippen molar-refractivity contribution < 1.29 is 8.78 Å². The maximum atomic E-state index is 12.8. The second kappa shape index (κ2) is 4.35. The van der Waals surface area contributed by atoms with Gasteiger partial charge in [-0.15, -0.1) is 0 Å². The molecule has 13 heavy (non-hydrogen) atoms. The Morgan fingerprint density at radius 1 is 1.31 bits per heavy atom. The van der Waals surface area contributed by atoms with Crippen molar-refractivity contribution in [2.75, 3.05) is 6.54 Å². The lowest BCUT2D eigenvalue weighted by molar-refractivity contribution is 0.583. The van der Waals surface area contributed by atoms with Crippen LogP contribution in [0, 0.1) is 11.6 Å². The van der Waals surface area contributed by atoms with Crippen LogP contribution in [-0.4, -0.2) is 6.54 Å². The zero-order chi connectivity index (χ0) is 9.84. The summed E-state index contributed by atoms with van der Waals surface area (Å²) in [4.78, 5) is 0. The Hall–Kier alpha value is -0.930. The normalized spacial score (nSPS) is 11.1. The lowest BCUT2D eigenvalue weighted by Crippen LogP contribution is -1.92. The highest BCUT2D eigenvalue weighted by molar-refractivity contribution is 6.30. The van der Waals surface area contributed by atoms with Gasteiger partial charge >= 0.3 is 0 Å². The maximum absolute atomic E-state index is 12.8. The highest BCUT2D eigenvalue weighted by Crippen LogP contribution is 2.20. The van der Waals surface area contributed by atoms with E-state index in [1.54, 1.807) is 6.08 Å². The molecule has 0 amide bonds. The molecule has 0 saturated heterocycles. The first-order chi connectivity index (χ1) is 6.15. The van der Waals surface area contributed by atoms with Crippen molar-refractivity contribution in [1.29, 1.82) is 0 Å². The molecule has 2 N–H and O–H groups in total. The van der Waals surface area contributed by atoms with Crippen molar-refractivity contribution in [3.8, 4) is 0 Å². The van der Waals surface area contributed by atoms with E-state index in [4.69, 9.17) is 17.3 Å². The number of hydrogen-bond donors (Lipinski definition) is 1. The van der Waals surface area contributed by atoms with Crippen LogP contribution in [-0.2, 0) is 0 Å². The maximum Gasteiger partial charge on any atom is 0.145 e. The minimum atomic E-state index is -0.765. The zero-order valence-electron chi connectivity index (χ0n) is 6.73. The molecule has 1 nitrogen and oxygen atoms in total. The van der Waals surface area contributed by atoms with Crippen LogP contribution in [0.1, 0.15) is 5.56 Å². The summed E-state index contributed by atoms with van der Waals surface area (Å²) in [6, 6.07) is 2.30. The molecule has 0 spiro atoms. The van der Waals surface area contributed by atoms with Gasteiger partial charge in [-0.2, -0.15) is 0 Å². The highest BCUT2D eigenvalue weighted by Gasteiger charge is 2.06. The minimum Gasteiger partial charge on any atom is -0.327 e. The van der Waals surface area contributed by atoms with E-state index >= 15 is 0 Å². The third kappa shape index (κ3) is 2.50. The molecule has 0 fully saturated rings. The molecular formula is C9H8ClF2N. The standard InChI is InChI=1S/C9H8ClF2N/c10-9-7(11)4-6(2-1-3-13)5-8(9)12/h1-2,4-5H,3,13H2/b2-1+. The van der Waals surface area contributed by atoms with Gasteiger partial charge in [0.1, 0.15) is 16.7 Å². The molecule has 0 unspecified atom stereocenters. The van der Waals surface area contributed by atoms with Gasteiger partial charge in [0.25, 0.3) is 0 Å². The summed E-state index contributed by atoms with van der Waals surface area (Å²) in [6.45, 7) is 0.325. The fourth-order valence-electron chi connectivity index (χ4n) is 0.875. The Bertz CT molecular complexity index is 313. The predicted molar refractivity (Wildman–Crippen MR) is 49.5 cm³/mol. The Morgan fingerprint density at radius 2 is 1.85 bits per heavy atom. The van der Waals surface area contributed by atoms with Crippen LogP contribution < -0.4 is 5.73 Å². The molecule has 0 aliphatic rings. The number of hydrogen-bond acceptors (Lipinski definition) is 1. The Morgan fingerprint density at radius 3 is 2.31 bits per heavy atom. The van der Waals surface area contributed by atoms with Gasteiger partial charge in [0, 0.05) is 6.54 Å². The van der Waals surface area contributed by atoms with E-state index in [0.717, 1.165) is 12.1 Å². The zero-order valence-corrected chi connectivity index (χ0v) is 7.48. The molecule has 0 aromatic heterocycles. The topological polar surface area (TPSA) is 26.0 Å². The lowest BCUT2D eigenvalue weighted by Gasteiger charge is -1.98. The molecule has 0 radical (unpaired) electrons. The molecule has 1 aromatic rings. The van der Waals surface area contributed by atoms with Gasteiger partial charge in [-0.25, -0.2) is 8.78 Å². The molecule has 0 saturated carbocycles.